The summed E-state index contributed by atoms with van der Waals surface area (Å²) in [6, 6.07) is 143. The van der Waals surface area contributed by atoms with Gasteiger partial charge in [-0.2, -0.15) is 0 Å². The molecule has 0 aliphatic heterocycles. The first kappa shape index (κ1) is 61.7. The molecule has 16 aromatic carbocycles. The van der Waals surface area contributed by atoms with Crippen LogP contribution in [0.5, 0.6) is 0 Å². The van der Waals surface area contributed by atoms with Crippen molar-refractivity contribution in [3.05, 3.63) is 432 Å². The Morgan fingerprint density at radius 3 is 0.867 bits per heavy atom. The second kappa shape index (κ2) is 28.7. The van der Waals surface area contributed by atoms with Gasteiger partial charge in [0.15, 0.2) is 0 Å². The Balaban J connectivity index is 0.676. The SMILES string of the molecule is C(=Cc1ccc(I(c2ccccc2)c2ccc(-c3ccc(-c4ccc(I(c5ccccc5)c5ccc(/C=C/c6ccc(N(c7ccccc7)c7ccccc7)cc6)cc5)cc4)c4c3ccc3c5ccccc5ccc34)cc2)cc1)c1ccc(N(c2ccccc2)c2ccccc2)cc1. The molecule has 0 saturated carbocycles. The predicted molar refractivity (Wildman–Crippen MR) is 436 cm³/mol. The van der Waals surface area contributed by atoms with Gasteiger partial charge in [-0.05, 0) is 48.5 Å². The van der Waals surface area contributed by atoms with Crippen molar-refractivity contribution < 1.29 is 0 Å². The molecule has 16 aromatic rings. The number of benzene rings is 16. The topological polar surface area (TPSA) is 6.48 Å². The predicted octanol–water partition coefficient (Wildman–Crippen LogP) is 26.6. The number of hydrogen-bond donors (Lipinski definition) is 0. The van der Waals surface area contributed by atoms with Crippen LogP contribution in [0.3, 0.4) is 0 Å². The molecule has 16 rings (SSSR count). The fraction of sp³-hybridized carbons (Fsp3) is 0. The Morgan fingerprint density at radius 1 is 0.184 bits per heavy atom. The van der Waals surface area contributed by atoms with E-state index >= 15 is 0 Å². The number of para-hydroxylation sites is 4. The van der Waals surface area contributed by atoms with E-state index in [-0.39, 0.29) is 0 Å². The van der Waals surface area contributed by atoms with Crippen molar-refractivity contribution >= 4 is 130 Å². The normalized spacial score (nSPS) is 11.8. The van der Waals surface area contributed by atoms with Gasteiger partial charge in [0.2, 0.25) is 0 Å². The van der Waals surface area contributed by atoms with Crippen molar-refractivity contribution in [1.82, 2.24) is 0 Å². The molecular weight excluding hydrogens is 1410 g/mol. The third-order valence-corrected chi connectivity index (χ3v) is 29.8. The molecule has 4 heteroatoms. The monoisotopic (exact) mass is 1480 g/mol. The van der Waals surface area contributed by atoms with Gasteiger partial charge in [0.1, 0.15) is 0 Å². The molecule has 0 radical (unpaired) electrons. The number of hydrogen-bond acceptors (Lipinski definition) is 2. The van der Waals surface area contributed by atoms with Gasteiger partial charge in [0.05, 0.1) is 0 Å². The summed E-state index contributed by atoms with van der Waals surface area (Å²) < 4.78 is 8.46. The van der Waals surface area contributed by atoms with Crippen molar-refractivity contribution in [3.63, 3.8) is 0 Å². The Hall–Kier alpha value is -11.2. The number of anilines is 6. The molecule has 468 valence electrons. The van der Waals surface area contributed by atoms with Crippen LogP contribution < -0.4 is 9.80 Å². The summed E-state index contributed by atoms with van der Waals surface area (Å²) in [6.45, 7) is 0. The molecule has 0 aromatic heterocycles. The van der Waals surface area contributed by atoms with Crippen LogP contribution >= 0.6 is 39.6 Å². The van der Waals surface area contributed by atoms with E-state index in [1.165, 1.54) is 87.1 Å². The zero-order valence-electron chi connectivity index (χ0n) is 53.9. The molecular formula is C94H68I2N2. The van der Waals surface area contributed by atoms with E-state index in [2.05, 4.69) is 422 Å². The first-order chi connectivity index (χ1) is 48.6. The summed E-state index contributed by atoms with van der Waals surface area (Å²) in [6.07, 6.45) is 8.90. The fourth-order valence-electron chi connectivity index (χ4n) is 13.2. The number of nitrogens with zero attached hydrogens (tertiary/aromatic N) is 2. The molecule has 2 nitrogen and oxygen atoms in total. The van der Waals surface area contributed by atoms with Crippen LogP contribution in [0.15, 0.2) is 388 Å². The third-order valence-electron chi connectivity index (χ3n) is 18.0. The third kappa shape index (κ3) is 13.2. The molecule has 0 saturated heterocycles. The minimum absolute atomic E-state index is 1.12. The maximum atomic E-state index is 2.42. The summed E-state index contributed by atoms with van der Waals surface area (Å²) in [5.74, 6) is 0. The molecule has 0 bridgehead atoms. The average molecular weight is 1480 g/mol. The van der Waals surface area contributed by atoms with Gasteiger partial charge in [0.25, 0.3) is 0 Å². The van der Waals surface area contributed by atoms with E-state index in [4.69, 9.17) is 0 Å². The van der Waals surface area contributed by atoms with Crippen molar-refractivity contribution in [2.24, 2.45) is 0 Å². The summed E-state index contributed by atoms with van der Waals surface area (Å²) in [5, 5.41) is 7.59. The van der Waals surface area contributed by atoms with Crippen LogP contribution in [-0.2, 0) is 0 Å². The number of rotatable bonds is 18. The quantitative estimate of drug-likeness (QED) is 0.0480. The average Bonchev–Trinajstić information content (AvgIpc) is 0.737. The van der Waals surface area contributed by atoms with Gasteiger partial charge in [-0.25, -0.2) is 0 Å². The minimum atomic E-state index is -2.12. The van der Waals surface area contributed by atoms with E-state index in [1.807, 2.05) is 0 Å². The van der Waals surface area contributed by atoms with Crippen LogP contribution in [0, 0.1) is 21.4 Å². The van der Waals surface area contributed by atoms with Crippen LogP contribution in [0.4, 0.5) is 34.1 Å². The molecule has 0 spiro atoms. The van der Waals surface area contributed by atoms with Crippen molar-refractivity contribution in [2.75, 3.05) is 9.80 Å². The van der Waals surface area contributed by atoms with Gasteiger partial charge in [-0.1, -0.05) is 72.8 Å². The van der Waals surface area contributed by atoms with E-state index in [0.29, 0.717) is 0 Å². The fourth-order valence-corrected chi connectivity index (χ4v) is 24.1. The second-order valence-corrected chi connectivity index (χ2v) is 34.9. The van der Waals surface area contributed by atoms with Gasteiger partial charge in [0, 0.05) is 0 Å². The molecule has 0 unspecified atom stereocenters. The standard InChI is InChI=1S/C94H68I2N2/c1-7-22-76(23-8-1)95(78-52-39-69(40-53-78)35-37-71-43-60-86(61-44-71)97(82-26-11-3-12-27-82)83-28-13-4-14-29-83)80-56-47-74(48-57-80)89-65-66-90(94-92(89)68-67-91-88-34-20-19-21-73(88)51-64-93(91)94)75-49-58-81(59-50-75)96(77-24-9-2-10-25-77)79-54-41-70(42-55-79)36-38-72-45-62-87(63-46-72)98(84-30-15-5-16-31-84)85-32-17-6-18-33-85/h1-68H/b37-35?,38-36+. The van der Waals surface area contributed by atoms with E-state index < -0.39 is 39.6 Å². The Labute approximate surface area is 589 Å². The molecule has 0 atom stereocenters. The Bertz CT molecular complexity index is 5340. The zero-order chi connectivity index (χ0) is 65.4. The van der Waals surface area contributed by atoms with Gasteiger partial charge >= 0.3 is 473 Å². The molecule has 0 amide bonds. The van der Waals surface area contributed by atoms with Crippen molar-refractivity contribution in [3.8, 4) is 22.3 Å². The molecule has 0 N–H and O–H groups in total. The maximum absolute atomic E-state index is 2.42. The first-order valence-corrected chi connectivity index (χ1v) is 39.7. The van der Waals surface area contributed by atoms with Crippen LogP contribution in [0.25, 0.3) is 78.9 Å². The van der Waals surface area contributed by atoms with Crippen molar-refractivity contribution in [2.45, 2.75) is 0 Å². The van der Waals surface area contributed by atoms with E-state index in [0.717, 1.165) is 45.3 Å². The summed E-state index contributed by atoms with van der Waals surface area (Å²) in [4.78, 5) is 4.60. The van der Waals surface area contributed by atoms with Gasteiger partial charge in [-0.15, -0.1) is 0 Å². The molecule has 0 aliphatic rings. The van der Waals surface area contributed by atoms with E-state index in [9.17, 15) is 0 Å². The molecule has 98 heavy (non-hydrogen) atoms. The van der Waals surface area contributed by atoms with Crippen LogP contribution in [0.2, 0.25) is 0 Å². The van der Waals surface area contributed by atoms with Gasteiger partial charge < -0.3 is 0 Å². The summed E-state index contributed by atoms with van der Waals surface area (Å²) >= 11 is -4.23. The summed E-state index contributed by atoms with van der Waals surface area (Å²) in [7, 11) is 0. The van der Waals surface area contributed by atoms with Gasteiger partial charge in [-0.3, -0.25) is 0 Å². The molecule has 0 heterocycles. The number of halogens is 2. The summed E-state index contributed by atoms with van der Waals surface area (Å²) in [5.41, 5.74) is 16.3. The van der Waals surface area contributed by atoms with Crippen LogP contribution in [0.1, 0.15) is 22.3 Å². The number of fused-ring (bicyclic) bond motifs is 5. The Kier molecular flexibility index (Phi) is 18.0. The second-order valence-electron chi connectivity index (χ2n) is 24.2. The zero-order valence-corrected chi connectivity index (χ0v) is 58.2. The first-order valence-electron chi connectivity index (χ1n) is 33.2. The molecule has 0 aliphatic carbocycles. The van der Waals surface area contributed by atoms with Crippen LogP contribution in [-0.4, -0.2) is 0 Å². The Morgan fingerprint density at radius 2 is 0.469 bits per heavy atom. The molecule has 0 fully saturated rings. The van der Waals surface area contributed by atoms with E-state index in [1.54, 1.807) is 0 Å². The van der Waals surface area contributed by atoms with Crippen molar-refractivity contribution in [1.29, 1.82) is 0 Å².